The Balaban J connectivity index is 2.72. The zero-order chi connectivity index (χ0) is 8.48. The van der Waals surface area contributed by atoms with Crippen LogP contribution in [0.15, 0.2) is 0 Å². The van der Waals surface area contributed by atoms with Gasteiger partial charge in [0, 0.05) is 12.3 Å². The van der Waals surface area contributed by atoms with E-state index in [-0.39, 0.29) is 11.3 Å². The van der Waals surface area contributed by atoms with Gasteiger partial charge < -0.3 is 5.32 Å². The van der Waals surface area contributed by atoms with Crippen molar-refractivity contribution in [1.82, 2.24) is 5.32 Å². The van der Waals surface area contributed by atoms with Crippen LogP contribution in [0.2, 0.25) is 0 Å². The van der Waals surface area contributed by atoms with Crippen molar-refractivity contribution >= 4 is 9.84 Å². The third kappa shape index (κ3) is 1.93. The third-order valence-corrected chi connectivity index (χ3v) is 4.04. The van der Waals surface area contributed by atoms with Gasteiger partial charge in [-0.1, -0.05) is 6.42 Å². The summed E-state index contributed by atoms with van der Waals surface area (Å²) < 4.78 is 22.3. The van der Waals surface area contributed by atoms with Gasteiger partial charge in [-0.15, -0.1) is 0 Å². The molecule has 66 valence electrons. The summed E-state index contributed by atoms with van der Waals surface area (Å²) in [4.78, 5) is 0. The third-order valence-electron chi connectivity index (χ3n) is 2.37. The molecule has 1 saturated carbocycles. The Morgan fingerprint density at radius 2 is 2.00 bits per heavy atom. The monoisotopic (exact) mass is 177 g/mol. The highest BCUT2D eigenvalue weighted by Gasteiger charge is 2.33. The maximum absolute atomic E-state index is 11.2. The van der Waals surface area contributed by atoms with Gasteiger partial charge in [-0.25, -0.2) is 8.42 Å². The van der Waals surface area contributed by atoms with E-state index >= 15 is 0 Å². The van der Waals surface area contributed by atoms with Crippen LogP contribution in [0.1, 0.15) is 19.3 Å². The summed E-state index contributed by atoms with van der Waals surface area (Å²) in [6.07, 6.45) is 4.18. The molecular weight excluding hydrogens is 162 g/mol. The fourth-order valence-corrected chi connectivity index (χ4v) is 3.23. The van der Waals surface area contributed by atoms with E-state index in [1.807, 2.05) is 7.05 Å². The summed E-state index contributed by atoms with van der Waals surface area (Å²) in [7, 11) is -0.999. The molecule has 0 aromatic rings. The molecule has 0 radical (unpaired) electrons. The Morgan fingerprint density at radius 3 is 2.36 bits per heavy atom. The average molecular weight is 177 g/mol. The molecule has 0 amide bonds. The molecular formula is C7H15NO2S. The predicted molar refractivity (Wildman–Crippen MR) is 45.3 cm³/mol. The minimum atomic E-state index is -2.83. The maximum Gasteiger partial charge on any atom is 0.151 e. The Morgan fingerprint density at radius 1 is 1.36 bits per heavy atom. The molecule has 0 aromatic carbocycles. The van der Waals surface area contributed by atoms with E-state index < -0.39 is 9.84 Å². The van der Waals surface area contributed by atoms with E-state index in [0.29, 0.717) is 0 Å². The van der Waals surface area contributed by atoms with Crippen LogP contribution in [0.4, 0.5) is 0 Å². The zero-order valence-electron chi connectivity index (χ0n) is 7.00. The number of rotatable bonds is 2. The van der Waals surface area contributed by atoms with Crippen LogP contribution in [0.25, 0.3) is 0 Å². The van der Waals surface area contributed by atoms with E-state index in [0.717, 1.165) is 19.3 Å². The van der Waals surface area contributed by atoms with Crippen molar-refractivity contribution in [2.45, 2.75) is 30.6 Å². The molecule has 1 rings (SSSR count). The SMILES string of the molecule is CN[C@H]1CCC[C@@H]1S(C)(=O)=O. The second-order valence-corrected chi connectivity index (χ2v) is 5.46. The molecule has 2 atom stereocenters. The summed E-state index contributed by atoms with van der Waals surface area (Å²) >= 11 is 0. The number of sulfone groups is 1. The van der Waals surface area contributed by atoms with Crippen molar-refractivity contribution in [1.29, 1.82) is 0 Å². The van der Waals surface area contributed by atoms with Crippen LogP contribution in [0, 0.1) is 0 Å². The number of hydrogen-bond donors (Lipinski definition) is 1. The quantitative estimate of drug-likeness (QED) is 0.654. The van der Waals surface area contributed by atoms with Gasteiger partial charge in [0.2, 0.25) is 0 Å². The minimum absolute atomic E-state index is 0.146. The van der Waals surface area contributed by atoms with E-state index in [9.17, 15) is 8.42 Å². The normalized spacial score (nSPS) is 32.5. The van der Waals surface area contributed by atoms with Crippen LogP contribution in [-0.4, -0.2) is 33.0 Å². The predicted octanol–water partition coefficient (Wildman–Crippen LogP) is 0.171. The lowest BCUT2D eigenvalue weighted by Crippen LogP contribution is -2.37. The molecule has 0 bridgehead atoms. The van der Waals surface area contributed by atoms with Crippen molar-refractivity contribution in [3.63, 3.8) is 0 Å². The Labute approximate surface area is 68.1 Å². The highest BCUT2D eigenvalue weighted by atomic mass is 32.2. The minimum Gasteiger partial charge on any atom is -0.316 e. The molecule has 3 nitrogen and oxygen atoms in total. The molecule has 0 aromatic heterocycles. The van der Waals surface area contributed by atoms with Crippen LogP contribution >= 0.6 is 0 Å². The summed E-state index contributed by atoms with van der Waals surface area (Å²) in [5.41, 5.74) is 0. The number of hydrogen-bond acceptors (Lipinski definition) is 3. The van der Waals surface area contributed by atoms with Crippen LogP contribution in [0.3, 0.4) is 0 Å². The largest absolute Gasteiger partial charge is 0.316 e. The molecule has 0 spiro atoms. The van der Waals surface area contributed by atoms with Gasteiger partial charge in [0.05, 0.1) is 5.25 Å². The van der Waals surface area contributed by atoms with E-state index in [2.05, 4.69) is 5.32 Å². The van der Waals surface area contributed by atoms with E-state index in [1.165, 1.54) is 6.26 Å². The molecule has 4 heteroatoms. The van der Waals surface area contributed by atoms with Gasteiger partial charge in [-0.05, 0) is 19.9 Å². The lowest BCUT2D eigenvalue weighted by molar-refractivity contribution is 0.542. The van der Waals surface area contributed by atoms with Crippen molar-refractivity contribution in [3.05, 3.63) is 0 Å². The van der Waals surface area contributed by atoms with Gasteiger partial charge in [0.25, 0.3) is 0 Å². The molecule has 1 N–H and O–H groups in total. The zero-order valence-corrected chi connectivity index (χ0v) is 7.82. The van der Waals surface area contributed by atoms with Crippen molar-refractivity contribution in [3.8, 4) is 0 Å². The molecule has 1 aliphatic rings. The second-order valence-electron chi connectivity index (χ2n) is 3.19. The Kier molecular flexibility index (Phi) is 2.54. The molecule has 11 heavy (non-hydrogen) atoms. The fraction of sp³-hybridized carbons (Fsp3) is 1.00. The molecule has 0 aliphatic heterocycles. The molecule has 1 fully saturated rings. The second kappa shape index (κ2) is 3.11. The first kappa shape index (κ1) is 9.00. The maximum atomic E-state index is 11.2. The topological polar surface area (TPSA) is 46.2 Å². The molecule has 0 saturated heterocycles. The lowest BCUT2D eigenvalue weighted by atomic mass is 10.2. The Bertz CT molecular complexity index is 223. The number of nitrogens with one attached hydrogen (secondary N) is 1. The summed E-state index contributed by atoms with van der Waals surface area (Å²) in [6, 6.07) is 0.185. The summed E-state index contributed by atoms with van der Waals surface area (Å²) in [5, 5.41) is 2.90. The van der Waals surface area contributed by atoms with Gasteiger partial charge in [0.1, 0.15) is 0 Å². The average Bonchev–Trinajstić information content (AvgIpc) is 2.31. The highest BCUT2D eigenvalue weighted by Crippen LogP contribution is 2.24. The Hall–Kier alpha value is -0.0900. The smallest absolute Gasteiger partial charge is 0.151 e. The van der Waals surface area contributed by atoms with Crippen molar-refractivity contribution in [2.75, 3.05) is 13.3 Å². The lowest BCUT2D eigenvalue weighted by Gasteiger charge is -2.16. The van der Waals surface area contributed by atoms with E-state index in [1.54, 1.807) is 0 Å². The first-order chi connectivity index (χ1) is 5.05. The molecule has 1 aliphatic carbocycles. The highest BCUT2D eigenvalue weighted by molar-refractivity contribution is 7.91. The van der Waals surface area contributed by atoms with Crippen LogP contribution < -0.4 is 5.32 Å². The first-order valence-electron chi connectivity index (χ1n) is 3.92. The van der Waals surface area contributed by atoms with Crippen LogP contribution in [0.5, 0.6) is 0 Å². The molecule has 0 heterocycles. The van der Waals surface area contributed by atoms with E-state index in [4.69, 9.17) is 0 Å². The molecule has 0 unspecified atom stereocenters. The van der Waals surface area contributed by atoms with Gasteiger partial charge >= 0.3 is 0 Å². The fourth-order valence-electron chi connectivity index (χ4n) is 1.77. The summed E-state index contributed by atoms with van der Waals surface area (Å²) in [5.74, 6) is 0. The van der Waals surface area contributed by atoms with Gasteiger partial charge in [-0.3, -0.25) is 0 Å². The standard InChI is InChI=1S/C7H15NO2S/c1-8-6-4-3-5-7(6)11(2,9)10/h6-8H,3-5H2,1-2H3/t6-,7-/m0/s1. The van der Waals surface area contributed by atoms with Gasteiger partial charge in [-0.2, -0.15) is 0 Å². The summed E-state index contributed by atoms with van der Waals surface area (Å²) in [6.45, 7) is 0. The first-order valence-corrected chi connectivity index (χ1v) is 5.87. The van der Waals surface area contributed by atoms with Gasteiger partial charge in [0.15, 0.2) is 9.84 Å². The van der Waals surface area contributed by atoms with Crippen LogP contribution in [-0.2, 0) is 9.84 Å². The van der Waals surface area contributed by atoms with Crippen molar-refractivity contribution < 1.29 is 8.42 Å². The van der Waals surface area contributed by atoms with Crippen molar-refractivity contribution in [2.24, 2.45) is 0 Å².